The van der Waals surface area contributed by atoms with Gasteiger partial charge in [-0.05, 0) is 41.5 Å². The average Bonchev–Trinajstić information content (AvgIpc) is 3.40. The van der Waals surface area contributed by atoms with Gasteiger partial charge in [-0.2, -0.15) is 9.78 Å². The summed E-state index contributed by atoms with van der Waals surface area (Å²) in [5, 5.41) is 20.0. The van der Waals surface area contributed by atoms with Gasteiger partial charge in [0.05, 0.1) is 15.8 Å². The maximum Gasteiger partial charge on any atom is 0.294 e. The van der Waals surface area contributed by atoms with Crippen molar-refractivity contribution in [2.24, 2.45) is 5.10 Å². The third kappa shape index (κ3) is 4.09. The van der Waals surface area contributed by atoms with E-state index in [9.17, 15) is 4.79 Å². The van der Waals surface area contributed by atoms with Crippen molar-refractivity contribution in [3.05, 3.63) is 64.0 Å². The van der Waals surface area contributed by atoms with Gasteiger partial charge in [-0.25, -0.2) is 10.1 Å². The number of nitrogen functional groups attached to an aromatic ring is 1. The Morgan fingerprint density at radius 1 is 1.16 bits per heavy atom. The molecule has 0 aliphatic carbocycles. The number of hydrazone groups is 1. The fourth-order valence-corrected chi connectivity index (χ4v) is 2.97. The molecule has 31 heavy (non-hydrogen) atoms. The number of carbonyl (C=O) groups excluding carboxylic acids is 1. The van der Waals surface area contributed by atoms with E-state index in [1.807, 2.05) is 0 Å². The van der Waals surface area contributed by atoms with Gasteiger partial charge in [-0.1, -0.05) is 34.5 Å². The number of aromatic nitrogens is 6. The molecule has 4 rings (SSSR count). The van der Waals surface area contributed by atoms with Crippen LogP contribution in [0.3, 0.4) is 0 Å². The van der Waals surface area contributed by atoms with Crippen molar-refractivity contribution in [1.82, 2.24) is 35.7 Å². The van der Waals surface area contributed by atoms with Crippen LogP contribution >= 0.6 is 23.2 Å². The molecule has 4 aromatic rings. The van der Waals surface area contributed by atoms with E-state index in [0.717, 1.165) is 5.56 Å². The number of nitrogens with zero attached hydrogens (tertiary/aromatic N) is 7. The summed E-state index contributed by atoms with van der Waals surface area (Å²) in [6, 6.07) is 8.32. The van der Waals surface area contributed by atoms with Crippen molar-refractivity contribution in [2.75, 3.05) is 5.73 Å². The molecule has 13 heteroatoms. The highest BCUT2D eigenvalue weighted by atomic mass is 35.5. The van der Waals surface area contributed by atoms with Gasteiger partial charge in [0.15, 0.2) is 5.69 Å². The molecule has 0 spiro atoms. The largest absolute Gasteiger partial charge is 0.378 e. The van der Waals surface area contributed by atoms with Gasteiger partial charge in [0.25, 0.3) is 5.91 Å². The number of nitrogens with one attached hydrogen (secondary N) is 1. The average molecular weight is 458 g/mol. The fraction of sp³-hybridized carbons (Fsp3) is 0.0556. The number of rotatable bonds is 5. The first-order chi connectivity index (χ1) is 15.0. The van der Waals surface area contributed by atoms with Gasteiger partial charge < -0.3 is 5.73 Å². The second kappa shape index (κ2) is 8.50. The molecule has 1 aromatic carbocycles. The highest BCUT2D eigenvalue weighted by Crippen LogP contribution is 2.31. The summed E-state index contributed by atoms with van der Waals surface area (Å²) in [7, 11) is 0. The van der Waals surface area contributed by atoms with Crippen LogP contribution < -0.4 is 11.2 Å². The number of amides is 1. The van der Waals surface area contributed by atoms with E-state index in [0.29, 0.717) is 16.3 Å². The number of anilines is 1. The molecule has 3 N–H and O–H groups in total. The standard InChI is InChI=1S/C18H13Cl2N9O2/c1-9(10-4-6-22-7-5-10)23-25-18(30)14-15(11-2-3-12(19)13(20)8-11)29(28-24-14)17-16(21)26-31-27-17/h2-8H,1H3,(H2,21,26)(H,25,30)/b23-9-. The Kier molecular flexibility index (Phi) is 5.60. The molecule has 1 amide bonds. The number of carbonyl (C=O) groups is 1. The predicted octanol–water partition coefficient (Wildman–Crippen LogP) is 2.76. The van der Waals surface area contributed by atoms with E-state index in [2.05, 4.69) is 40.8 Å². The number of benzene rings is 1. The van der Waals surface area contributed by atoms with Gasteiger partial charge in [0.1, 0.15) is 5.69 Å². The molecule has 0 aliphatic rings. The molecule has 3 heterocycles. The van der Waals surface area contributed by atoms with Crippen LogP contribution in [0.5, 0.6) is 0 Å². The maximum atomic E-state index is 12.9. The molecule has 156 valence electrons. The second-order valence-corrected chi connectivity index (χ2v) is 6.99. The molecule has 0 atom stereocenters. The lowest BCUT2D eigenvalue weighted by Crippen LogP contribution is -2.21. The minimum absolute atomic E-state index is 0.0373. The van der Waals surface area contributed by atoms with Crippen LogP contribution in [0.2, 0.25) is 10.0 Å². The topological polar surface area (TPSA) is 150 Å². The summed E-state index contributed by atoms with van der Waals surface area (Å²) in [6.45, 7) is 1.74. The summed E-state index contributed by atoms with van der Waals surface area (Å²) < 4.78 is 5.86. The van der Waals surface area contributed by atoms with Gasteiger partial charge in [0.2, 0.25) is 11.6 Å². The third-order valence-electron chi connectivity index (χ3n) is 4.20. The molecule has 0 fully saturated rings. The van der Waals surface area contributed by atoms with Crippen LogP contribution in [-0.2, 0) is 0 Å². The lowest BCUT2D eigenvalue weighted by molar-refractivity contribution is 0.0950. The molecular weight excluding hydrogens is 445 g/mol. The van der Waals surface area contributed by atoms with Crippen molar-refractivity contribution in [1.29, 1.82) is 0 Å². The van der Waals surface area contributed by atoms with E-state index in [1.165, 1.54) is 4.68 Å². The highest BCUT2D eigenvalue weighted by Gasteiger charge is 2.25. The van der Waals surface area contributed by atoms with E-state index in [-0.39, 0.29) is 28.0 Å². The monoisotopic (exact) mass is 457 g/mol. The smallest absolute Gasteiger partial charge is 0.294 e. The van der Waals surface area contributed by atoms with Crippen LogP contribution in [0.25, 0.3) is 17.1 Å². The number of pyridine rings is 1. The van der Waals surface area contributed by atoms with Crippen LogP contribution in [0.4, 0.5) is 5.82 Å². The first-order valence-corrected chi connectivity index (χ1v) is 9.46. The summed E-state index contributed by atoms with van der Waals surface area (Å²) in [4.78, 5) is 16.8. The number of nitrogens with two attached hydrogens (primary N) is 1. The Bertz CT molecular complexity index is 1280. The Morgan fingerprint density at radius 2 is 1.94 bits per heavy atom. The van der Waals surface area contributed by atoms with E-state index in [4.69, 9.17) is 28.9 Å². The van der Waals surface area contributed by atoms with Gasteiger partial charge >= 0.3 is 0 Å². The van der Waals surface area contributed by atoms with Crippen molar-refractivity contribution in [3.8, 4) is 17.1 Å². The van der Waals surface area contributed by atoms with E-state index < -0.39 is 5.91 Å². The molecule has 0 radical (unpaired) electrons. The predicted molar refractivity (Wildman–Crippen MR) is 113 cm³/mol. The summed E-state index contributed by atoms with van der Waals surface area (Å²) in [5.41, 5.74) is 10.3. The molecule has 0 saturated heterocycles. The van der Waals surface area contributed by atoms with E-state index in [1.54, 1.807) is 49.6 Å². The lowest BCUT2D eigenvalue weighted by Gasteiger charge is -2.07. The van der Waals surface area contributed by atoms with Crippen molar-refractivity contribution >= 4 is 40.6 Å². The van der Waals surface area contributed by atoms with Crippen LogP contribution in [0, 0.1) is 0 Å². The first-order valence-electron chi connectivity index (χ1n) is 8.70. The molecule has 3 aromatic heterocycles. The Balaban J connectivity index is 1.75. The van der Waals surface area contributed by atoms with Crippen molar-refractivity contribution in [3.63, 3.8) is 0 Å². The molecule has 11 nitrogen and oxygen atoms in total. The van der Waals surface area contributed by atoms with E-state index >= 15 is 0 Å². The van der Waals surface area contributed by atoms with Crippen LogP contribution in [-0.4, -0.2) is 41.9 Å². The number of hydrogen-bond acceptors (Lipinski definition) is 9. The fourth-order valence-electron chi connectivity index (χ4n) is 2.67. The third-order valence-corrected chi connectivity index (χ3v) is 4.94. The Labute approximate surface area is 184 Å². The minimum atomic E-state index is -0.615. The Morgan fingerprint density at radius 3 is 2.61 bits per heavy atom. The highest BCUT2D eigenvalue weighted by molar-refractivity contribution is 6.42. The zero-order chi connectivity index (χ0) is 22.0. The quantitative estimate of drug-likeness (QED) is 0.342. The Hall–Kier alpha value is -3.83. The zero-order valence-electron chi connectivity index (χ0n) is 15.8. The van der Waals surface area contributed by atoms with Crippen molar-refractivity contribution < 1.29 is 9.42 Å². The number of halogens is 2. The minimum Gasteiger partial charge on any atom is -0.378 e. The molecule has 0 saturated carbocycles. The molecule has 0 bridgehead atoms. The molecule has 0 aliphatic heterocycles. The van der Waals surface area contributed by atoms with Crippen LogP contribution in [0.1, 0.15) is 23.0 Å². The first kappa shape index (κ1) is 20.4. The van der Waals surface area contributed by atoms with Crippen LogP contribution in [0.15, 0.2) is 52.5 Å². The summed E-state index contributed by atoms with van der Waals surface area (Å²) in [5.74, 6) is -0.593. The lowest BCUT2D eigenvalue weighted by atomic mass is 10.1. The molecule has 0 unspecified atom stereocenters. The zero-order valence-corrected chi connectivity index (χ0v) is 17.3. The van der Waals surface area contributed by atoms with Gasteiger partial charge in [0, 0.05) is 23.5 Å². The molecular formula is C18H13Cl2N9O2. The second-order valence-electron chi connectivity index (χ2n) is 6.17. The maximum absolute atomic E-state index is 12.9. The van der Waals surface area contributed by atoms with Gasteiger partial charge in [-0.15, -0.1) is 5.10 Å². The van der Waals surface area contributed by atoms with Gasteiger partial charge in [-0.3, -0.25) is 9.78 Å². The SMILES string of the molecule is C/C(=N/NC(=O)c1nnn(-c2nonc2N)c1-c1ccc(Cl)c(Cl)c1)c1ccncc1. The summed E-state index contributed by atoms with van der Waals surface area (Å²) >= 11 is 12.2. The summed E-state index contributed by atoms with van der Waals surface area (Å²) in [6.07, 6.45) is 3.25. The van der Waals surface area contributed by atoms with Crippen molar-refractivity contribution in [2.45, 2.75) is 6.92 Å². The number of hydrogen-bond donors (Lipinski definition) is 2. The normalized spacial score (nSPS) is 11.5.